The molecule has 4 nitrogen and oxygen atoms in total. The Kier molecular flexibility index (Phi) is 5.05. The van der Waals surface area contributed by atoms with Crippen molar-refractivity contribution >= 4 is 5.91 Å². The first-order valence-electron chi connectivity index (χ1n) is 9.70. The third-order valence-corrected chi connectivity index (χ3v) is 5.23. The van der Waals surface area contributed by atoms with Crippen molar-refractivity contribution in [3.05, 3.63) is 77.7 Å². The first-order chi connectivity index (χ1) is 13.2. The van der Waals surface area contributed by atoms with Crippen LogP contribution >= 0.6 is 0 Å². The van der Waals surface area contributed by atoms with Gasteiger partial charge in [-0.15, -0.1) is 0 Å². The number of benzene rings is 2. The Morgan fingerprint density at radius 1 is 1.11 bits per heavy atom. The molecule has 138 valence electrons. The molecule has 0 saturated carbocycles. The third-order valence-electron chi connectivity index (χ3n) is 5.23. The van der Waals surface area contributed by atoms with Gasteiger partial charge in [0.05, 0.1) is 13.0 Å². The molecule has 1 N–H and O–H groups in total. The molecule has 0 aliphatic carbocycles. The normalized spacial score (nSPS) is 12.8. The van der Waals surface area contributed by atoms with Crippen molar-refractivity contribution in [2.24, 2.45) is 0 Å². The molecule has 1 aliphatic heterocycles. The zero-order valence-corrected chi connectivity index (χ0v) is 15.8. The highest BCUT2D eigenvalue weighted by Gasteiger charge is 2.29. The summed E-state index contributed by atoms with van der Waals surface area (Å²) in [4.78, 5) is 12.5. The molecule has 1 amide bonds. The minimum absolute atomic E-state index is 0.0756. The van der Waals surface area contributed by atoms with Gasteiger partial charge in [0.2, 0.25) is 0 Å². The van der Waals surface area contributed by atoms with Crippen LogP contribution in [-0.2, 0) is 30.7 Å². The van der Waals surface area contributed by atoms with Crippen LogP contribution in [0.1, 0.15) is 23.4 Å². The minimum Gasteiger partial charge on any atom is -0.352 e. The number of aryl methyl sites for hydroxylation is 1. The fourth-order valence-electron chi connectivity index (χ4n) is 3.80. The lowest BCUT2D eigenvalue weighted by molar-refractivity contribution is -0.690. The summed E-state index contributed by atoms with van der Waals surface area (Å²) in [6, 6.07) is 18.9. The van der Waals surface area contributed by atoms with E-state index in [4.69, 9.17) is 0 Å². The van der Waals surface area contributed by atoms with Crippen LogP contribution in [0.15, 0.2) is 60.8 Å². The molecule has 27 heavy (non-hydrogen) atoms. The number of hydrogen-bond acceptors (Lipinski definition) is 1. The lowest BCUT2D eigenvalue weighted by atomic mass is 10.1. The van der Waals surface area contributed by atoms with Crippen molar-refractivity contribution in [3.63, 3.8) is 0 Å². The molecule has 0 unspecified atom stereocenters. The Bertz CT molecular complexity index is 926. The number of fused-ring (bicyclic) bond motifs is 1. The predicted octanol–water partition coefficient (Wildman–Crippen LogP) is 3.06. The van der Waals surface area contributed by atoms with E-state index in [1.54, 1.807) is 0 Å². The minimum atomic E-state index is 0.0756. The van der Waals surface area contributed by atoms with Crippen molar-refractivity contribution in [1.29, 1.82) is 0 Å². The highest BCUT2D eigenvalue weighted by Crippen LogP contribution is 2.24. The van der Waals surface area contributed by atoms with Gasteiger partial charge < -0.3 is 5.32 Å². The van der Waals surface area contributed by atoms with Gasteiger partial charge in [0.25, 0.3) is 11.7 Å². The summed E-state index contributed by atoms with van der Waals surface area (Å²) in [5.74, 6) is 1.33. The van der Waals surface area contributed by atoms with Gasteiger partial charge >= 0.3 is 0 Å². The van der Waals surface area contributed by atoms with Crippen molar-refractivity contribution in [1.82, 2.24) is 9.88 Å². The molecular weight excluding hydrogens is 334 g/mol. The first-order valence-corrected chi connectivity index (χ1v) is 9.70. The predicted molar refractivity (Wildman–Crippen MR) is 106 cm³/mol. The second-order valence-electron chi connectivity index (χ2n) is 7.27. The van der Waals surface area contributed by atoms with Crippen LogP contribution in [-0.4, -0.2) is 17.0 Å². The Hall–Kier alpha value is -2.88. The van der Waals surface area contributed by atoms with Crippen molar-refractivity contribution in [2.75, 3.05) is 6.54 Å². The molecular formula is C23H26N3O+. The van der Waals surface area contributed by atoms with E-state index in [1.807, 2.05) is 18.2 Å². The van der Waals surface area contributed by atoms with Crippen LogP contribution in [0.25, 0.3) is 11.3 Å². The van der Waals surface area contributed by atoms with Gasteiger partial charge in [0, 0.05) is 12.1 Å². The molecule has 0 saturated heterocycles. The summed E-state index contributed by atoms with van der Waals surface area (Å²) < 4.78 is 4.49. The third kappa shape index (κ3) is 3.95. The van der Waals surface area contributed by atoms with Crippen molar-refractivity contribution < 1.29 is 9.36 Å². The summed E-state index contributed by atoms with van der Waals surface area (Å²) in [5, 5.41) is 3.06. The molecule has 3 aromatic rings. The van der Waals surface area contributed by atoms with Crippen LogP contribution in [0.3, 0.4) is 0 Å². The first kappa shape index (κ1) is 17.5. The molecule has 4 heteroatoms. The van der Waals surface area contributed by atoms with Gasteiger partial charge in [0.15, 0.2) is 12.2 Å². The van der Waals surface area contributed by atoms with Crippen LogP contribution < -0.4 is 9.88 Å². The number of rotatable bonds is 6. The zero-order valence-electron chi connectivity index (χ0n) is 15.8. The second-order valence-corrected chi connectivity index (χ2v) is 7.27. The summed E-state index contributed by atoms with van der Waals surface area (Å²) in [5.41, 5.74) is 4.93. The van der Waals surface area contributed by atoms with Gasteiger partial charge in [-0.05, 0) is 25.3 Å². The van der Waals surface area contributed by atoms with Crippen LogP contribution in [0.5, 0.6) is 0 Å². The van der Waals surface area contributed by atoms with E-state index in [2.05, 4.69) is 64.0 Å². The molecule has 1 aliphatic rings. The number of hydrogen-bond donors (Lipinski definition) is 1. The van der Waals surface area contributed by atoms with Gasteiger partial charge in [-0.1, -0.05) is 60.2 Å². The van der Waals surface area contributed by atoms with Gasteiger partial charge in [-0.3, -0.25) is 4.79 Å². The average Bonchev–Trinajstić information content (AvgIpc) is 3.27. The molecule has 2 heterocycles. The SMILES string of the molecule is Cc1ccc(-c2c[n+](CC(=O)NCCc3ccccc3)c3n2CCC3)cc1. The second kappa shape index (κ2) is 7.78. The number of aromatic nitrogens is 2. The average molecular weight is 360 g/mol. The number of carbonyl (C=O) groups is 1. The standard InChI is InChI=1S/C23H25N3O/c1-18-9-11-20(12-10-18)21-16-25(23-8-5-15-26(21)23)17-22(27)24-14-13-19-6-3-2-4-7-19/h2-4,6-7,9-12,16H,5,8,13-15,17H2,1H3/p+1. The monoisotopic (exact) mass is 360 g/mol. The number of amides is 1. The fraction of sp³-hybridized carbons (Fsp3) is 0.304. The maximum absolute atomic E-state index is 12.5. The summed E-state index contributed by atoms with van der Waals surface area (Å²) >= 11 is 0. The number of nitrogens with one attached hydrogen (secondary N) is 1. The van der Waals surface area contributed by atoms with Crippen LogP contribution in [0.2, 0.25) is 0 Å². The van der Waals surface area contributed by atoms with Gasteiger partial charge in [-0.2, -0.15) is 0 Å². The van der Waals surface area contributed by atoms with Crippen LogP contribution in [0.4, 0.5) is 0 Å². The van der Waals surface area contributed by atoms with E-state index >= 15 is 0 Å². The molecule has 0 bridgehead atoms. The quantitative estimate of drug-likeness (QED) is 0.674. The van der Waals surface area contributed by atoms with E-state index in [1.165, 1.54) is 28.2 Å². The number of nitrogens with zero attached hydrogens (tertiary/aromatic N) is 2. The lowest BCUT2D eigenvalue weighted by Crippen LogP contribution is -2.44. The molecule has 1 aromatic heterocycles. The summed E-state index contributed by atoms with van der Waals surface area (Å²) in [6.45, 7) is 4.19. The fourth-order valence-corrected chi connectivity index (χ4v) is 3.80. The Labute approximate surface area is 160 Å². The van der Waals surface area contributed by atoms with E-state index in [-0.39, 0.29) is 5.91 Å². The summed E-state index contributed by atoms with van der Waals surface area (Å²) in [6.07, 6.45) is 5.17. The Morgan fingerprint density at radius 2 is 1.89 bits per heavy atom. The molecule has 0 atom stereocenters. The molecule has 2 aromatic carbocycles. The topological polar surface area (TPSA) is 37.9 Å². The van der Waals surface area contributed by atoms with Crippen molar-refractivity contribution in [2.45, 2.75) is 39.3 Å². The van der Waals surface area contributed by atoms with Gasteiger partial charge in [0.1, 0.15) is 6.20 Å². The molecule has 0 spiro atoms. The Morgan fingerprint density at radius 3 is 2.67 bits per heavy atom. The van der Waals surface area contributed by atoms with Crippen molar-refractivity contribution in [3.8, 4) is 11.3 Å². The molecule has 0 fully saturated rings. The van der Waals surface area contributed by atoms with E-state index in [0.29, 0.717) is 13.1 Å². The number of carbonyl (C=O) groups excluding carboxylic acids is 1. The molecule has 0 radical (unpaired) electrons. The maximum atomic E-state index is 12.5. The maximum Gasteiger partial charge on any atom is 0.262 e. The van der Waals surface area contributed by atoms with E-state index < -0.39 is 0 Å². The highest BCUT2D eigenvalue weighted by atomic mass is 16.1. The lowest BCUT2D eigenvalue weighted by Gasteiger charge is -2.04. The smallest absolute Gasteiger partial charge is 0.262 e. The van der Waals surface area contributed by atoms with E-state index in [0.717, 1.165) is 25.8 Å². The summed E-state index contributed by atoms with van der Waals surface area (Å²) in [7, 11) is 0. The van der Waals surface area contributed by atoms with Crippen LogP contribution in [0, 0.1) is 6.92 Å². The van der Waals surface area contributed by atoms with Gasteiger partial charge in [-0.25, -0.2) is 9.13 Å². The highest BCUT2D eigenvalue weighted by molar-refractivity contribution is 5.74. The Balaban J connectivity index is 1.44. The largest absolute Gasteiger partial charge is 0.352 e. The zero-order chi connectivity index (χ0) is 18.6. The number of imidazole rings is 1. The van der Waals surface area contributed by atoms with E-state index in [9.17, 15) is 4.79 Å². The molecule has 4 rings (SSSR count).